The summed E-state index contributed by atoms with van der Waals surface area (Å²) in [6.45, 7) is -1.56. The number of carbonyl (C=O) groups is 2. The molecule has 0 bridgehead atoms. The Hall–Kier alpha value is -1.09. The van der Waals surface area contributed by atoms with Gasteiger partial charge in [0.1, 0.15) is 10.9 Å². The van der Waals surface area contributed by atoms with E-state index in [0.717, 1.165) is 12.1 Å². The Morgan fingerprint density at radius 1 is 0.938 bits per heavy atom. The van der Waals surface area contributed by atoms with Gasteiger partial charge in [-0.3, -0.25) is 9.59 Å². The normalized spacial score (nSPS) is 19.4. The maximum Gasteiger partial charge on any atom is 0.405 e. The van der Waals surface area contributed by atoms with Crippen LogP contribution < -0.4 is 10.6 Å². The number of amides is 2. The van der Waals surface area contributed by atoms with Crippen molar-refractivity contribution in [3.05, 3.63) is 61.5 Å². The van der Waals surface area contributed by atoms with E-state index in [1.807, 2.05) is 0 Å². The third-order valence-electron chi connectivity index (χ3n) is 4.59. The molecule has 2 atom stereocenters. The van der Waals surface area contributed by atoms with Crippen LogP contribution >= 0.6 is 69.6 Å². The lowest BCUT2D eigenvalue weighted by Crippen LogP contribution is -2.33. The molecule has 0 radical (unpaired) electrons. The monoisotopic (exact) mass is 566 g/mol. The molecule has 1 saturated carbocycles. The minimum atomic E-state index is -4.61. The van der Waals surface area contributed by atoms with Crippen LogP contribution in [0.2, 0.25) is 20.1 Å². The third-order valence-corrected chi connectivity index (χ3v) is 6.59. The third kappa shape index (κ3) is 5.69. The van der Waals surface area contributed by atoms with Crippen molar-refractivity contribution in [1.29, 1.82) is 0 Å². The molecule has 0 aliphatic heterocycles. The van der Waals surface area contributed by atoms with E-state index in [9.17, 15) is 22.8 Å². The molecule has 0 spiro atoms. The van der Waals surface area contributed by atoms with Crippen molar-refractivity contribution in [1.82, 2.24) is 5.32 Å². The first-order valence-electron chi connectivity index (χ1n) is 8.69. The zero-order chi connectivity index (χ0) is 24.0. The summed E-state index contributed by atoms with van der Waals surface area (Å²) in [4.78, 5) is 24.9. The predicted octanol–water partition coefficient (Wildman–Crippen LogP) is 7.12. The summed E-state index contributed by atoms with van der Waals surface area (Å²) < 4.78 is 35.7. The first kappa shape index (κ1) is 25.5. The number of nitrogens with one attached hydrogen (secondary N) is 2. The highest BCUT2D eigenvalue weighted by Crippen LogP contribution is 2.65. The molecule has 1 aliphatic carbocycles. The second kappa shape index (κ2) is 9.28. The van der Waals surface area contributed by atoms with Gasteiger partial charge in [-0.2, -0.15) is 13.2 Å². The quantitative estimate of drug-likeness (QED) is 0.377. The molecule has 1 fully saturated rings. The summed E-state index contributed by atoms with van der Waals surface area (Å²) >= 11 is 36.6. The number of halogens is 9. The fourth-order valence-electron chi connectivity index (χ4n) is 3.13. The van der Waals surface area contributed by atoms with Gasteiger partial charge < -0.3 is 10.6 Å². The van der Waals surface area contributed by atoms with Crippen LogP contribution in [-0.4, -0.2) is 28.9 Å². The van der Waals surface area contributed by atoms with Crippen LogP contribution in [0, 0.1) is 5.92 Å². The molecular formula is C19H11Cl6F3N2O2. The van der Waals surface area contributed by atoms with Crippen LogP contribution in [0.15, 0.2) is 30.3 Å². The number of benzene rings is 2. The summed E-state index contributed by atoms with van der Waals surface area (Å²) in [7, 11) is 0. The maximum atomic E-state index is 12.8. The molecule has 32 heavy (non-hydrogen) atoms. The molecule has 2 aromatic carbocycles. The zero-order valence-corrected chi connectivity index (χ0v) is 20.0. The summed E-state index contributed by atoms with van der Waals surface area (Å²) in [5, 5.41) is 4.60. The Balaban J connectivity index is 1.81. The van der Waals surface area contributed by atoms with Gasteiger partial charge in [0.25, 0.3) is 5.91 Å². The average Bonchev–Trinajstić information content (AvgIpc) is 3.23. The van der Waals surface area contributed by atoms with E-state index in [1.54, 1.807) is 17.4 Å². The van der Waals surface area contributed by atoms with Gasteiger partial charge in [-0.15, -0.1) is 23.2 Å². The average molecular weight is 569 g/mol. The molecule has 0 aromatic heterocycles. The summed E-state index contributed by atoms with van der Waals surface area (Å²) in [6.07, 6.45) is -4.61. The van der Waals surface area contributed by atoms with E-state index in [0.29, 0.717) is 15.6 Å². The number of alkyl halides is 5. The van der Waals surface area contributed by atoms with Gasteiger partial charge in [0, 0.05) is 16.0 Å². The van der Waals surface area contributed by atoms with Crippen molar-refractivity contribution in [2.24, 2.45) is 5.92 Å². The molecule has 2 aromatic rings. The smallest absolute Gasteiger partial charge is 0.343 e. The number of carbonyl (C=O) groups excluding carboxylic acids is 2. The highest BCUT2D eigenvalue weighted by molar-refractivity contribution is 6.53. The minimum absolute atomic E-state index is 0.0477. The molecule has 2 amide bonds. The molecule has 3 rings (SSSR count). The highest BCUT2D eigenvalue weighted by atomic mass is 35.5. The Bertz CT molecular complexity index is 1070. The van der Waals surface area contributed by atoms with E-state index in [4.69, 9.17) is 69.6 Å². The van der Waals surface area contributed by atoms with Gasteiger partial charge in [-0.1, -0.05) is 46.4 Å². The van der Waals surface area contributed by atoms with Crippen molar-refractivity contribution < 1.29 is 22.8 Å². The van der Waals surface area contributed by atoms with E-state index in [2.05, 4.69) is 5.32 Å². The van der Waals surface area contributed by atoms with Crippen LogP contribution in [0.5, 0.6) is 0 Å². The van der Waals surface area contributed by atoms with Crippen molar-refractivity contribution in [3.63, 3.8) is 0 Å². The van der Waals surface area contributed by atoms with E-state index in [1.165, 1.54) is 6.07 Å². The van der Waals surface area contributed by atoms with Gasteiger partial charge in [0.15, 0.2) is 0 Å². The van der Waals surface area contributed by atoms with Crippen LogP contribution in [0.3, 0.4) is 0 Å². The predicted molar refractivity (Wildman–Crippen MR) is 121 cm³/mol. The fourth-order valence-corrected chi connectivity index (χ4v) is 5.01. The van der Waals surface area contributed by atoms with E-state index in [-0.39, 0.29) is 21.3 Å². The van der Waals surface area contributed by atoms with Crippen molar-refractivity contribution >= 4 is 87.1 Å². The van der Waals surface area contributed by atoms with E-state index < -0.39 is 40.7 Å². The lowest BCUT2D eigenvalue weighted by atomic mass is 10.1. The van der Waals surface area contributed by atoms with Crippen LogP contribution in [0.25, 0.3) is 0 Å². The molecule has 1 aliphatic rings. The molecular weight excluding hydrogens is 558 g/mol. The Labute approximate surface area is 210 Å². The summed E-state index contributed by atoms with van der Waals surface area (Å²) in [5.41, 5.74) is 0.173. The van der Waals surface area contributed by atoms with Crippen molar-refractivity contribution in [3.8, 4) is 0 Å². The first-order chi connectivity index (χ1) is 14.7. The van der Waals surface area contributed by atoms with Gasteiger partial charge in [0.2, 0.25) is 5.91 Å². The maximum absolute atomic E-state index is 12.8. The lowest BCUT2D eigenvalue weighted by Gasteiger charge is -2.13. The molecule has 0 heterocycles. The molecule has 13 heteroatoms. The van der Waals surface area contributed by atoms with Gasteiger partial charge in [-0.25, -0.2) is 0 Å². The molecule has 0 unspecified atom stereocenters. The van der Waals surface area contributed by atoms with Crippen LogP contribution in [-0.2, 0) is 4.79 Å². The number of rotatable bonds is 5. The molecule has 0 saturated heterocycles. The minimum Gasteiger partial charge on any atom is -0.343 e. The van der Waals surface area contributed by atoms with Crippen molar-refractivity contribution in [2.75, 3.05) is 11.9 Å². The Kier molecular flexibility index (Phi) is 7.40. The van der Waals surface area contributed by atoms with Crippen molar-refractivity contribution in [2.45, 2.75) is 16.4 Å². The highest BCUT2D eigenvalue weighted by Gasteiger charge is 2.67. The number of anilines is 1. The van der Waals surface area contributed by atoms with Crippen LogP contribution in [0.4, 0.5) is 18.9 Å². The fraction of sp³-hybridized carbons (Fsp3) is 0.263. The Morgan fingerprint density at radius 2 is 1.53 bits per heavy atom. The van der Waals surface area contributed by atoms with Gasteiger partial charge >= 0.3 is 6.18 Å². The van der Waals surface area contributed by atoms with Gasteiger partial charge in [0.05, 0.1) is 27.2 Å². The largest absolute Gasteiger partial charge is 0.405 e. The standard InChI is InChI=1S/C19H11Cl6F3N2O2/c20-8-1-7(2-9(21)3-8)14-15(19(14,24)25)17(32)30-13-4-10(11(22)5-12(13)23)16(31)29-6-18(26,27)28/h1-5,14-15H,6H2,(H,29,31)(H,30,32)/t14-,15+/m1/s1. The second-order valence-electron chi connectivity index (χ2n) is 6.93. The van der Waals surface area contributed by atoms with E-state index >= 15 is 0 Å². The SMILES string of the molecule is O=C(NCC(F)(F)F)c1cc(NC(=O)[C@@H]2[C@@H](c3cc(Cl)cc(Cl)c3)C2(Cl)Cl)c(Cl)cc1Cl. The number of hydrogen-bond acceptors (Lipinski definition) is 2. The zero-order valence-electron chi connectivity index (χ0n) is 15.5. The summed E-state index contributed by atoms with van der Waals surface area (Å²) in [6, 6.07) is 6.84. The second-order valence-corrected chi connectivity index (χ2v) is 10.1. The topological polar surface area (TPSA) is 58.2 Å². The molecule has 2 N–H and O–H groups in total. The lowest BCUT2D eigenvalue weighted by molar-refractivity contribution is -0.123. The Morgan fingerprint density at radius 3 is 2.09 bits per heavy atom. The first-order valence-corrected chi connectivity index (χ1v) is 11.0. The molecule has 4 nitrogen and oxygen atoms in total. The van der Waals surface area contributed by atoms with Gasteiger partial charge in [-0.05, 0) is 35.9 Å². The molecule has 172 valence electrons. The van der Waals surface area contributed by atoms with Crippen LogP contribution in [0.1, 0.15) is 21.8 Å². The summed E-state index contributed by atoms with van der Waals surface area (Å²) in [5.74, 6) is -3.29. The number of hydrogen-bond donors (Lipinski definition) is 2.